The Kier molecular flexibility index (Phi) is 7.43. The number of carbonyl (C=O) groups is 2. The largest absolute Gasteiger partial charge is 0.393 e. The third kappa shape index (κ3) is 5.33. The zero-order valence-electron chi connectivity index (χ0n) is 20.3. The first kappa shape index (κ1) is 25.6. The predicted molar refractivity (Wildman–Crippen MR) is 147 cm³/mol. The van der Waals surface area contributed by atoms with Crippen LogP contribution < -0.4 is 15.5 Å². The molecule has 1 unspecified atom stereocenters. The number of benzene rings is 3. The number of aliphatic hydroxyl groups excluding tert-OH is 1. The van der Waals surface area contributed by atoms with E-state index in [1.807, 2.05) is 59.5 Å². The van der Waals surface area contributed by atoms with Crippen LogP contribution in [0.15, 0.2) is 72.8 Å². The molecule has 0 saturated heterocycles. The van der Waals surface area contributed by atoms with E-state index < -0.39 is 5.54 Å². The number of nitrogens with one attached hydrogen (secondary N) is 2. The van der Waals surface area contributed by atoms with E-state index in [4.69, 9.17) is 23.2 Å². The van der Waals surface area contributed by atoms with E-state index in [0.717, 1.165) is 29.7 Å². The average molecular weight is 538 g/mol. The van der Waals surface area contributed by atoms with Gasteiger partial charge >= 0.3 is 0 Å². The SMILES string of the molecule is O=C(CN(c1ccccc1)C1(Cc2cccc(Cl)c2)C(=O)Nc2cc(Cl)ccc21)NC1CCC(O)CC1. The molecule has 6 nitrogen and oxygen atoms in total. The van der Waals surface area contributed by atoms with Gasteiger partial charge in [-0.25, -0.2) is 0 Å². The van der Waals surface area contributed by atoms with Gasteiger partial charge in [0.1, 0.15) is 0 Å². The van der Waals surface area contributed by atoms with Crippen LogP contribution in [0.2, 0.25) is 10.0 Å². The lowest BCUT2D eigenvalue weighted by Crippen LogP contribution is -2.56. The Morgan fingerprint density at radius 3 is 2.43 bits per heavy atom. The van der Waals surface area contributed by atoms with Gasteiger partial charge in [-0.1, -0.05) is 59.6 Å². The lowest BCUT2D eigenvalue weighted by atomic mass is 9.82. The van der Waals surface area contributed by atoms with Gasteiger partial charge in [-0.3, -0.25) is 9.59 Å². The maximum Gasteiger partial charge on any atom is 0.255 e. The van der Waals surface area contributed by atoms with E-state index in [-0.39, 0.29) is 30.5 Å². The Labute approximate surface area is 226 Å². The molecule has 37 heavy (non-hydrogen) atoms. The summed E-state index contributed by atoms with van der Waals surface area (Å²) in [6, 6.07) is 22.3. The molecule has 0 aromatic heterocycles. The van der Waals surface area contributed by atoms with E-state index in [2.05, 4.69) is 10.6 Å². The van der Waals surface area contributed by atoms with Gasteiger partial charge in [0.05, 0.1) is 12.6 Å². The van der Waals surface area contributed by atoms with Crippen molar-refractivity contribution in [2.45, 2.75) is 49.8 Å². The molecule has 5 rings (SSSR count). The molecular weight excluding hydrogens is 509 g/mol. The molecule has 8 heteroatoms. The highest BCUT2D eigenvalue weighted by atomic mass is 35.5. The van der Waals surface area contributed by atoms with Crippen molar-refractivity contribution in [2.24, 2.45) is 0 Å². The number of hydrogen-bond donors (Lipinski definition) is 3. The van der Waals surface area contributed by atoms with Crippen molar-refractivity contribution >= 4 is 46.4 Å². The van der Waals surface area contributed by atoms with Crippen LogP contribution in [0.25, 0.3) is 0 Å². The van der Waals surface area contributed by atoms with Gasteiger partial charge in [-0.2, -0.15) is 0 Å². The molecule has 0 radical (unpaired) electrons. The van der Waals surface area contributed by atoms with Gasteiger partial charge in [0, 0.05) is 39.4 Å². The zero-order valence-corrected chi connectivity index (χ0v) is 21.8. The van der Waals surface area contributed by atoms with E-state index >= 15 is 0 Å². The van der Waals surface area contributed by atoms with Gasteiger partial charge in [0.2, 0.25) is 5.91 Å². The lowest BCUT2D eigenvalue weighted by molar-refractivity contribution is -0.122. The fourth-order valence-electron chi connectivity index (χ4n) is 5.50. The van der Waals surface area contributed by atoms with E-state index in [1.165, 1.54) is 0 Å². The highest BCUT2D eigenvalue weighted by Gasteiger charge is 2.52. The topological polar surface area (TPSA) is 81.7 Å². The van der Waals surface area contributed by atoms with Gasteiger partial charge < -0.3 is 20.6 Å². The van der Waals surface area contributed by atoms with Crippen LogP contribution in [0.3, 0.4) is 0 Å². The number of anilines is 2. The monoisotopic (exact) mass is 537 g/mol. The van der Waals surface area contributed by atoms with Crippen LogP contribution in [-0.2, 0) is 21.5 Å². The first-order valence-corrected chi connectivity index (χ1v) is 13.3. The predicted octanol–water partition coefficient (Wildman–Crippen LogP) is 5.31. The van der Waals surface area contributed by atoms with Crippen molar-refractivity contribution in [3.05, 3.63) is 94.0 Å². The summed E-state index contributed by atoms with van der Waals surface area (Å²) < 4.78 is 0. The fourth-order valence-corrected chi connectivity index (χ4v) is 5.89. The van der Waals surface area contributed by atoms with Crippen LogP contribution in [-0.4, -0.2) is 35.6 Å². The standard InChI is InChI=1S/C29H29Cl2N3O3/c30-20-6-4-5-19(15-20)17-29(25-14-9-21(31)16-26(25)33-28(29)37)34(23-7-2-1-3-8-23)18-27(36)32-22-10-12-24(35)13-11-22/h1-9,14-16,22,24,35H,10-13,17-18H2,(H,32,36)(H,33,37). The summed E-state index contributed by atoms with van der Waals surface area (Å²) in [4.78, 5) is 29.3. The quantitative estimate of drug-likeness (QED) is 0.381. The number of amides is 2. The number of rotatable bonds is 7. The second-order valence-electron chi connectivity index (χ2n) is 9.81. The summed E-state index contributed by atoms with van der Waals surface area (Å²) in [5, 5.41) is 17.1. The first-order valence-electron chi connectivity index (χ1n) is 12.5. The number of aliphatic hydroxyl groups is 1. The van der Waals surface area contributed by atoms with Crippen LogP contribution in [0, 0.1) is 0 Å². The number of para-hydroxylation sites is 1. The number of carbonyl (C=O) groups excluding carboxylic acids is 2. The van der Waals surface area contributed by atoms with Crippen molar-refractivity contribution in [3.8, 4) is 0 Å². The smallest absolute Gasteiger partial charge is 0.255 e. The fraction of sp³-hybridized carbons (Fsp3) is 0.310. The molecule has 1 heterocycles. The van der Waals surface area contributed by atoms with Crippen LogP contribution >= 0.6 is 23.2 Å². The van der Waals surface area contributed by atoms with Crippen molar-refractivity contribution in [2.75, 3.05) is 16.8 Å². The molecule has 3 aromatic rings. The molecule has 1 aliphatic heterocycles. The van der Waals surface area contributed by atoms with Crippen molar-refractivity contribution < 1.29 is 14.7 Å². The Bertz CT molecular complexity index is 1290. The summed E-state index contributed by atoms with van der Waals surface area (Å²) in [6.07, 6.45) is 2.79. The molecule has 0 bridgehead atoms. The summed E-state index contributed by atoms with van der Waals surface area (Å²) in [7, 11) is 0. The number of halogens is 2. The van der Waals surface area contributed by atoms with Crippen LogP contribution in [0.5, 0.6) is 0 Å². The molecule has 1 saturated carbocycles. The first-order chi connectivity index (χ1) is 17.8. The van der Waals surface area contributed by atoms with Gasteiger partial charge in [0.25, 0.3) is 5.91 Å². The number of fused-ring (bicyclic) bond motifs is 1. The lowest BCUT2D eigenvalue weighted by Gasteiger charge is -2.41. The van der Waals surface area contributed by atoms with Crippen LogP contribution in [0.4, 0.5) is 11.4 Å². The zero-order chi connectivity index (χ0) is 26.0. The summed E-state index contributed by atoms with van der Waals surface area (Å²) in [5.41, 5.74) is 1.78. The summed E-state index contributed by atoms with van der Waals surface area (Å²) in [6.45, 7) is -0.0287. The Hall–Kier alpha value is -3.06. The van der Waals surface area contributed by atoms with Gasteiger partial charge in [-0.05, 0) is 67.6 Å². The van der Waals surface area contributed by atoms with Crippen LogP contribution in [0.1, 0.15) is 36.8 Å². The van der Waals surface area contributed by atoms with Gasteiger partial charge in [0.15, 0.2) is 5.54 Å². The average Bonchev–Trinajstić information content (AvgIpc) is 3.15. The normalized spacial score (nSPS) is 22.7. The molecular formula is C29H29Cl2N3O3. The Balaban J connectivity index is 1.58. The van der Waals surface area contributed by atoms with Crippen molar-refractivity contribution in [3.63, 3.8) is 0 Å². The summed E-state index contributed by atoms with van der Waals surface area (Å²) >= 11 is 12.6. The molecule has 0 spiro atoms. The maximum atomic E-state index is 14.0. The minimum atomic E-state index is -1.22. The Morgan fingerprint density at radius 1 is 0.973 bits per heavy atom. The third-order valence-electron chi connectivity index (χ3n) is 7.29. The highest BCUT2D eigenvalue weighted by molar-refractivity contribution is 6.31. The maximum absolute atomic E-state index is 14.0. The summed E-state index contributed by atoms with van der Waals surface area (Å²) in [5.74, 6) is -0.409. The molecule has 3 aromatic carbocycles. The van der Waals surface area contributed by atoms with E-state index in [1.54, 1.807) is 18.2 Å². The van der Waals surface area contributed by atoms with E-state index in [0.29, 0.717) is 35.0 Å². The second-order valence-corrected chi connectivity index (χ2v) is 10.7. The minimum absolute atomic E-state index is 0.000834. The molecule has 1 fully saturated rings. The van der Waals surface area contributed by atoms with Gasteiger partial charge in [-0.15, -0.1) is 0 Å². The van der Waals surface area contributed by atoms with E-state index in [9.17, 15) is 14.7 Å². The molecule has 3 N–H and O–H groups in total. The molecule has 192 valence electrons. The third-order valence-corrected chi connectivity index (χ3v) is 7.76. The Morgan fingerprint density at radius 2 is 1.70 bits per heavy atom. The molecule has 2 aliphatic rings. The number of nitrogens with zero attached hydrogens (tertiary/aromatic N) is 1. The minimum Gasteiger partial charge on any atom is -0.393 e. The van der Waals surface area contributed by atoms with Crippen molar-refractivity contribution in [1.29, 1.82) is 0 Å². The molecule has 1 atom stereocenters. The molecule has 1 aliphatic carbocycles. The second kappa shape index (κ2) is 10.7. The molecule has 2 amide bonds. The highest BCUT2D eigenvalue weighted by Crippen LogP contribution is 2.46. The van der Waals surface area contributed by atoms with Crippen molar-refractivity contribution in [1.82, 2.24) is 5.32 Å². The number of hydrogen-bond acceptors (Lipinski definition) is 4.